The highest BCUT2D eigenvalue weighted by atomic mass is 32.2. The molecule has 0 saturated carbocycles. The largest absolute Gasteiger partial charge is 0.741 e. The van der Waals surface area contributed by atoms with E-state index in [2.05, 4.69) is 182 Å². The summed E-state index contributed by atoms with van der Waals surface area (Å²) in [7, 11) is -12.1. The average Bonchev–Trinajstić information content (AvgIpc) is 3.96. The summed E-state index contributed by atoms with van der Waals surface area (Å²) in [5, 5.41) is 5.99. The molecule has 8 aromatic carbocycles. The number of halogens is 6. The van der Waals surface area contributed by atoms with Gasteiger partial charge in [-0.3, -0.25) is 0 Å². The van der Waals surface area contributed by atoms with E-state index < -0.39 is 31.3 Å². The van der Waals surface area contributed by atoms with Crippen molar-refractivity contribution >= 4 is 87.1 Å². The first-order chi connectivity index (χ1) is 33.1. The second kappa shape index (κ2) is 22.2. The van der Waals surface area contributed by atoms with E-state index in [0.29, 0.717) is 0 Å². The van der Waals surface area contributed by atoms with E-state index >= 15 is 0 Å². The minimum atomic E-state index is -6.09. The lowest BCUT2D eigenvalue weighted by Crippen LogP contribution is -2.21. The maximum Gasteiger partial charge on any atom is 0.485 e. The van der Waals surface area contributed by atoms with Gasteiger partial charge in [0.2, 0.25) is 0 Å². The van der Waals surface area contributed by atoms with E-state index in [-0.39, 0.29) is 21.8 Å². The van der Waals surface area contributed by atoms with Crippen LogP contribution in [-0.4, -0.2) is 49.5 Å². The molecule has 10 rings (SSSR count). The molecule has 0 amide bonds. The predicted octanol–water partition coefficient (Wildman–Crippen LogP) is 13.6. The summed E-state index contributed by atoms with van der Waals surface area (Å²) in [6.45, 7) is 0. The normalized spacial score (nSPS) is 13.9. The summed E-state index contributed by atoms with van der Waals surface area (Å²) in [6, 6.07) is 62.2. The van der Waals surface area contributed by atoms with Crippen molar-refractivity contribution in [1.82, 2.24) is 0 Å². The van der Waals surface area contributed by atoms with Gasteiger partial charge in [-0.2, -0.15) is 26.3 Å². The van der Waals surface area contributed by atoms with Crippen molar-refractivity contribution in [2.75, 3.05) is 12.5 Å². The molecule has 0 aliphatic heterocycles. The molecule has 0 bridgehead atoms. The molecule has 6 nitrogen and oxygen atoms in total. The van der Waals surface area contributed by atoms with Crippen LogP contribution in [0, 0.1) is 0 Å². The molecule has 2 aliphatic carbocycles. The van der Waals surface area contributed by atoms with Crippen LogP contribution >= 0.6 is 23.5 Å². The van der Waals surface area contributed by atoms with Crippen molar-refractivity contribution in [2.24, 2.45) is 0 Å². The van der Waals surface area contributed by atoms with Crippen LogP contribution < -0.4 is 0 Å². The second-order valence-electron chi connectivity index (χ2n) is 15.7. The van der Waals surface area contributed by atoms with Crippen LogP contribution in [0.3, 0.4) is 0 Å². The van der Waals surface area contributed by atoms with Gasteiger partial charge in [0.1, 0.15) is 12.5 Å². The first-order valence-corrected chi connectivity index (χ1v) is 28.9. The molecule has 0 N–H and O–H groups in total. The van der Waals surface area contributed by atoms with Gasteiger partial charge in [-0.05, 0) is 132 Å². The summed E-state index contributed by atoms with van der Waals surface area (Å²) in [5.41, 5.74) is -5.22. The fraction of sp³-hybridized carbons (Fsp3) is 0.154. The van der Waals surface area contributed by atoms with E-state index in [1.54, 1.807) is 0 Å². The van der Waals surface area contributed by atoms with Crippen LogP contribution in [0.2, 0.25) is 0 Å². The Hall–Kier alpha value is -4.92. The first-order valence-electron chi connectivity index (χ1n) is 21.2. The van der Waals surface area contributed by atoms with Gasteiger partial charge >= 0.3 is 11.0 Å². The number of hydrogen-bond acceptors (Lipinski definition) is 8. The van der Waals surface area contributed by atoms with Gasteiger partial charge in [0.05, 0.1) is 32.6 Å². The topological polar surface area (TPSA) is 114 Å². The van der Waals surface area contributed by atoms with Gasteiger partial charge in [-0.1, -0.05) is 121 Å². The van der Waals surface area contributed by atoms with Gasteiger partial charge in [0.15, 0.2) is 39.8 Å². The molecular weight excluding hydrogens is 1030 g/mol. The summed E-state index contributed by atoms with van der Waals surface area (Å²) in [4.78, 5) is 11.1. The molecule has 0 saturated heterocycles. The molecule has 0 spiro atoms. The molecule has 8 aromatic rings. The molecule has 2 unspecified atom stereocenters. The van der Waals surface area contributed by atoms with Crippen molar-refractivity contribution in [2.45, 2.75) is 75.9 Å². The Morgan fingerprint density at radius 3 is 0.929 bits per heavy atom. The number of hydrogen-bond donors (Lipinski definition) is 0. The minimum absolute atomic E-state index is 0.0583. The van der Waals surface area contributed by atoms with Gasteiger partial charge in [0.25, 0.3) is 0 Å². The number of alkyl halides is 6. The van der Waals surface area contributed by atoms with Crippen LogP contribution in [0.25, 0.3) is 21.5 Å². The molecular formula is C52H42F6O6S6. The van der Waals surface area contributed by atoms with Gasteiger partial charge < -0.3 is 9.11 Å². The van der Waals surface area contributed by atoms with E-state index in [0.717, 1.165) is 0 Å². The molecule has 0 heterocycles. The summed E-state index contributed by atoms with van der Waals surface area (Å²) in [5.74, 6) is 0. The lowest BCUT2D eigenvalue weighted by atomic mass is 10.1. The van der Waals surface area contributed by atoms with E-state index in [4.69, 9.17) is 25.9 Å². The minimum Gasteiger partial charge on any atom is -0.741 e. The quantitative estimate of drug-likeness (QED) is 0.0640. The van der Waals surface area contributed by atoms with Crippen LogP contribution in [-0.2, 0) is 67.7 Å². The zero-order chi connectivity index (χ0) is 50.4. The monoisotopic (exact) mass is 1070 g/mol. The van der Waals surface area contributed by atoms with Crippen molar-refractivity contribution in [3.63, 3.8) is 0 Å². The predicted molar refractivity (Wildman–Crippen MR) is 268 cm³/mol. The maximum absolute atomic E-state index is 10.7. The summed E-state index contributed by atoms with van der Waals surface area (Å²) in [6.07, 6.45) is 9.43. The smallest absolute Gasteiger partial charge is 0.485 e. The zero-order valence-corrected chi connectivity index (χ0v) is 42.1. The molecule has 18 heteroatoms. The second-order valence-corrected chi connectivity index (χ2v) is 24.5. The zero-order valence-electron chi connectivity index (χ0n) is 37.2. The van der Waals surface area contributed by atoms with E-state index in [1.807, 2.05) is 23.5 Å². The Morgan fingerprint density at radius 1 is 0.400 bits per heavy atom. The Bertz CT molecular complexity index is 3080. The number of aryl methyl sites for hydroxylation is 4. The number of rotatable bonds is 8. The fourth-order valence-electron chi connectivity index (χ4n) is 7.95. The third-order valence-corrected chi connectivity index (χ3v) is 18.4. The molecule has 2 atom stereocenters. The van der Waals surface area contributed by atoms with Crippen molar-refractivity contribution in [3.8, 4) is 0 Å². The molecule has 364 valence electrons. The summed E-state index contributed by atoms with van der Waals surface area (Å²) < 4.78 is 118. The third-order valence-electron chi connectivity index (χ3n) is 11.2. The van der Waals surface area contributed by atoms with E-state index in [9.17, 15) is 26.3 Å². The van der Waals surface area contributed by atoms with Gasteiger partial charge in [-0.25, -0.2) is 16.8 Å². The first kappa shape index (κ1) is 52.9. The van der Waals surface area contributed by atoms with Crippen LogP contribution in [0.1, 0.15) is 22.3 Å². The Kier molecular flexibility index (Phi) is 16.8. The van der Waals surface area contributed by atoms with Crippen LogP contribution in [0.5, 0.6) is 0 Å². The lowest BCUT2D eigenvalue weighted by molar-refractivity contribution is -0.0522. The Morgan fingerprint density at radius 2 is 0.657 bits per heavy atom. The van der Waals surface area contributed by atoms with Crippen molar-refractivity contribution < 1.29 is 52.3 Å². The lowest BCUT2D eigenvalue weighted by Gasteiger charge is -2.13. The summed E-state index contributed by atoms with van der Waals surface area (Å²) >= 11 is 3.79. The van der Waals surface area contributed by atoms with Gasteiger partial charge in [0, 0.05) is 19.6 Å². The molecule has 0 fully saturated rings. The Balaban J connectivity index is 0.000000158. The highest BCUT2D eigenvalue weighted by Gasteiger charge is 2.38. The molecule has 2 aliphatic rings. The average molecular weight is 1070 g/mol. The van der Waals surface area contributed by atoms with Crippen molar-refractivity contribution in [1.29, 1.82) is 0 Å². The SMILES string of the molecule is C[S+](c1ccccc1)c1ccc2c3c(ccc(Sc4ccccc4)c13)CC2.C[S+](c1ccccc1)c1ccc2c3c(ccc(Sc4ccccc4)c13)CC2.O=S(=O)([O-])C(F)(F)F.O=S(=O)([O-])C(F)(F)F. The van der Waals surface area contributed by atoms with E-state index in [1.165, 1.54) is 109 Å². The third kappa shape index (κ3) is 12.6. The standard InChI is InChI=1S/2C25H21S2.2CHF3O3S/c2*1-27(21-10-6-3-7-11-21)23-17-15-19-13-12-18-14-16-22(25(23)24(18)19)26-20-8-4-2-5-9-20;2*2-1(3,4)8(5,6)7/h2*2-11,14-17H,12-13H2,1H3;2*(H,5,6,7)/q2*+1;;/p-2. The van der Waals surface area contributed by atoms with Gasteiger partial charge in [-0.15, -0.1) is 0 Å². The highest BCUT2D eigenvalue weighted by molar-refractivity contribution is 8.00. The molecule has 0 aromatic heterocycles. The van der Waals surface area contributed by atoms with Crippen molar-refractivity contribution in [3.05, 3.63) is 192 Å². The maximum atomic E-state index is 10.7. The highest BCUT2D eigenvalue weighted by Crippen LogP contribution is 2.45. The fourth-order valence-corrected chi connectivity index (χ4v) is 13.3. The van der Waals surface area contributed by atoms with Crippen LogP contribution in [0.4, 0.5) is 26.3 Å². The Labute approximate surface area is 417 Å². The van der Waals surface area contributed by atoms with Crippen LogP contribution in [0.15, 0.2) is 209 Å². The molecule has 0 radical (unpaired) electrons. The number of benzene rings is 8. The molecule has 70 heavy (non-hydrogen) atoms.